The first kappa shape index (κ1) is 18.4. The first-order valence-corrected chi connectivity index (χ1v) is 9.60. The summed E-state index contributed by atoms with van der Waals surface area (Å²) in [5.41, 5.74) is 3.31. The molecule has 3 aromatic rings. The highest BCUT2D eigenvalue weighted by Crippen LogP contribution is 2.33. The molecular formula is C21H23FN4O2. The van der Waals surface area contributed by atoms with Gasteiger partial charge in [-0.25, -0.2) is 9.37 Å². The molecule has 0 bridgehead atoms. The molecule has 1 atom stereocenters. The van der Waals surface area contributed by atoms with Gasteiger partial charge in [0.25, 0.3) is 5.91 Å². The average Bonchev–Trinajstić information content (AvgIpc) is 3.42. The van der Waals surface area contributed by atoms with Crippen LogP contribution < -0.4 is 0 Å². The Labute approximate surface area is 162 Å². The lowest BCUT2D eigenvalue weighted by atomic mass is 10.1. The largest absolute Gasteiger partial charge is 0.443 e. The Hall–Kier alpha value is -2.96. The van der Waals surface area contributed by atoms with Gasteiger partial charge in [0, 0.05) is 24.2 Å². The maximum Gasteiger partial charge on any atom is 0.275 e. The zero-order valence-electron chi connectivity index (χ0n) is 16.0. The van der Waals surface area contributed by atoms with Crippen LogP contribution >= 0.6 is 0 Å². The lowest BCUT2D eigenvalue weighted by molar-refractivity contribution is 0.0708. The number of carbonyl (C=O) groups excluding carboxylic acids is 1. The molecule has 0 spiro atoms. The van der Waals surface area contributed by atoms with E-state index in [9.17, 15) is 9.18 Å². The SMILES string of the molecule is CCc1[nH]nc(C(=O)N2CCC[C@@H]2c2ncc(Cc3ccc(F)cc3)o2)c1C. The quantitative estimate of drug-likeness (QED) is 0.724. The number of nitrogens with zero attached hydrogens (tertiary/aromatic N) is 3. The molecule has 1 saturated heterocycles. The number of oxazole rings is 1. The molecule has 146 valence electrons. The summed E-state index contributed by atoms with van der Waals surface area (Å²) < 4.78 is 19.0. The number of likely N-dealkylation sites (tertiary alicyclic amines) is 1. The van der Waals surface area contributed by atoms with Gasteiger partial charge < -0.3 is 9.32 Å². The number of halogens is 1. The van der Waals surface area contributed by atoms with Crippen molar-refractivity contribution < 1.29 is 13.6 Å². The first-order chi connectivity index (χ1) is 13.6. The molecule has 1 N–H and O–H groups in total. The predicted molar refractivity (Wildman–Crippen MR) is 101 cm³/mol. The van der Waals surface area contributed by atoms with Gasteiger partial charge >= 0.3 is 0 Å². The lowest BCUT2D eigenvalue weighted by Crippen LogP contribution is -2.31. The first-order valence-electron chi connectivity index (χ1n) is 9.60. The van der Waals surface area contributed by atoms with Crippen molar-refractivity contribution in [2.45, 2.75) is 45.6 Å². The smallest absolute Gasteiger partial charge is 0.275 e. The van der Waals surface area contributed by atoms with Crippen LogP contribution in [0.2, 0.25) is 0 Å². The minimum Gasteiger partial charge on any atom is -0.443 e. The molecule has 0 radical (unpaired) electrons. The Bertz CT molecular complexity index is 977. The number of hydrogen-bond acceptors (Lipinski definition) is 4. The van der Waals surface area contributed by atoms with Crippen LogP contribution in [0.25, 0.3) is 0 Å². The number of aromatic amines is 1. The van der Waals surface area contributed by atoms with Crippen molar-refractivity contribution in [1.29, 1.82) is 0 Å². The Morgan fingerprint density at radius 1 is 1.36 bits per heavy atom. The van der Waals surface area contributed by atoms with Crippen LogP contribution in [0.3, 0.4) is 0 Å². The number of hydrogen-bond donors (Lipinski definition) is 1. The summed E-state index contributed by atoms with van der Waals surface area (Å²) >= 11 is 0. The zero-order valence-corrected chi connectivity index (χ0v) is 16.0. The van der Waals surface area contributed by atoms with E-state index in [1.54, 1.807) is 23.2 Å². The summed E-state index contributed by atoms with van der Waals surface area (Å²) in [7, 11) is 0. The standard InChI is InChI=1S/C21H23FN4O2/c1-3-17-13(2)19(25-24-17)21(27)26-10-4-5-18(26)20-23-12-16(28-20)11-14-6-8-15(22)9-7-14/h6-9,12,18H,3-5,10-11H2,1-2H3,(H,24,25)/t18-/m1/s1. The topological polar surface area (TPSA) is 75.0 Å². The lowest BCUT2D eigenvalue weighted by Gasteiger charge is -2.21. The van der Waals surface area contributed by atoms with Gasteiger partial charge in [0.15, 0.2) is 5.69 Å². The fraction of sp³-hybridized carbons (Fsp3) is 0.381. The highest BCUT2D eigenvalue weighted by molar-refractivity contribution is 5.94. The fourth-order valence-corrected chi connectivity index (χ4v) is 3.75. The molecule has 1 aliphatic heterocycles. The minimum absolute atomic E-state index is 0.0887. The van der Waals surface area contributed by atoms with Gasteiger partial charge in [-0.05, 0) is 43.9 Å². The van der Waals surface area contributed by atoms with Crippen molar-refractivity contribution in [1.82, 2.24) is 20.1 Å². The van der Waals surface area contributed by atoms with Gasteiger partial charge in [-0.3, -0.25) is 9.89 Å². The summed E-state index contributed by atoms with van der Waals surface area (Å²) in [4.78, 5) is 19.3. The second kappa shape index (κ2) is 7.58. The summed E-state index contributed by atoms with van der Waals surface area (Å²) in [6.45, 7) is 4.61. The van der Waals surface area contributed by atoms with Crippen molar-refractivity contribution in [3.8, 4) is 0 Å². The average molecular weight is 382 g/mol. The Kier molecular flexibility index (Phi) is 4.98. The molecule has 0 aliphatic carbocycles. The molecular weight excluding hydrogens is 359 g/mol. The van der Waals surface area contributed by atoms with Gasteiger partial charge in [0.1, 0.15) is 17.6 Å². The van der Waals surface area contributed by atoms with Gasteiger partial charge in [-0.2, -0.15) is 5.10 Å². The Morgan fingerprint density at radius 2 is 2.14 bits per heavy atom. The van der Waals surface area contributed by atoms with Crippen molar-refractivity contribution in [3.63, 3.8) is 0 Å². The van der Waals surface area contributed by atoms with Crippen LogP contribution in [0.5, 0.6) is 0 Å². The molecule has 0 saturated carbocycles. The van der Waals surface area contributed by atoms with E-state index in [2.05, 4.69) is 15.2 Å². The molecule has 3 heterocycles. The van der Waals surface area contributed by atoms with E-state index in [1.165, 1.54) is 12.1 Å². The molecule has 1 fully saturated rings. The monoisotopic (exact) mass is 382 g/mol. The third-order valence-corrected chi connectivity index (χ3v) is 5.33. The van der Waals surface area contributed by atoms with Crippen LogP contribution in [0.4, 0.5) is 4.39 Å². The summed E-state index contributed by atoms with van der Waals surface area (Å²) in [5, 5.41) is 7.18. The number of amides is 1. The van der Waals surface area contributed by atoms with E-state index in [-0.39, 0.29) is 17.8 Å². The van der Waals surface area contributed by atoms with E-state index in [4.69, 9.17) is 4.42 Å². The maximum atomic E-state index is 13.1. The van der Waals surface area contributed by atoms with Gasteiger partial charge in [-0.15, -0.1) is 0 Å². The molecule has 4 rings (SSSR count). The summed E-state index contributed by atoms with van der Waals surface area (Å²) in [5.74, 6) is 0.897. The van der Waals surface area contributed by atoms with E-state index >= 15 is 0 Å². The van der Waals surface area contributed by atoms with E-state index in [1.807, 2.05) is 13.8 Å². The third kappa shape index (κ3) is 3.44. The van der Waals surface area contributed by atoms with Gasteiger partial charge in [-0.1, -0.05) is 19.1 Å². The summed E-state index contributed by atoms with van der Waals surface area (Å²) in [6.07, 6.45) is 4.74. The maximum absolute atomic E-state index is 13.1. The number of rotatable bonds is 5. The molecule has 1 aliphatic rings. The molecule has 1 amide bonds. The van der Waals surface area contributed by atoms with Gasteiger partial charge in [0.05, 0.1) is 6.20 Å². The second-order valence-electron chi connectivity index (χ2n) is 7.15. The van der Waals surface area contributed by atoms with E-state index in [0.29, 0.717) is 30.3 Å². The number of aryl methyl sites for hydroxylation is 1. The third-order valence-electron chi connectivity index (χ3n) is 5.33. The van der Waals surface area contributed by atoms with Crippen LogP contribution in [0.1, 0.15) is 64.8 Å². The van der Waals surface area contributed by atoms with Crippen molar-refractivity contribution >= 4 is 5.91 Å². The Morgan fingerprint density at radius 3 is 2.86 bits per heavy atom. The Balaban J connectivity index is 1.52. The van der Waals surface area contributed by atoms with Crippen molar-refractivity contribution in [3.05, 3.63) is 70.4 Å². The van der Waals surface area contributed by atoms with Crippen LogP contribution in [0, 0.1) is 12.7 Å². The number of benzene rings is 1. The highest BCUT2D eigenvalue weighted by atomic mass is 19.1. The van der Waals surface area contributed by atoms with Crippen molar-refractivity contribution in [2.75, 3.05) is 6.54 Å². The number of aromatic nitrogens is 3. The number of H-pyrrole nitrogens is 1. The molecule has 0 unspecified atom stereocenters. The molecule has 1 aromatic carbocycles. The molecule has 7 heteroatoms. The van der Waals surface area contributed by atoms with E-state index < -0.39 is 0 Å². The fourth-order valence-electron chi connectivity index (χ4n) is 3.75. The summed E-state index contributed by atoms with van der Waals surface area (Å²) in [6, 6.07) is 6.14. The normalized spacial score (nSPS) is 16.7. The second-order valence-corrected chi connectivity index (χ2v) is 7.15. The highest BCUT2D eigenvalue weighted by Gasteiger charge is 2.35. The predicted octanol–water partition coefficient (Wildman–Crippen LogP) is 3.98. The van der Waals surface area contributed by atoms with Crippen LogP contribution in [-0.2, 0) is 12.8 Å². The van der Waals surface area contributed by atoms with Crippen molar-refractivity contribution in [2.24, 2.45) is 0 Å². The number of nitrogens with one attached hydrogen (secondary N) is 1. The zero-order chi connectivity index (χ0) is 19.7. The number of carbonyl (C=O) groups is 1. The molecule has 28 heavy (non-hydrogen) atoms. The van der Waals surface area contributed by atoms with Gasteiger partial charge in [0.2, 0.25) is 5.89 Å². The molecule has 6 nitrogen and oxygen atoms in total. The van der Waals surface area contributed by atoms with Crippen LogP contribution in [0.15, 0.2) is 34.9 Å². The molecule has 2 aromatic heterocycles. The van der Waals surface area contributed by atoms with E-state index in [0.717, 1.165) is 36.1 Å². The minimum atomic E-state index is -0.262. The van der Waals surface area contributed by atoms with Crippen LogP contribution in [-0.4, -0.2) is 32.5 Å².